The van der Waals surface area contributed by atoms with Gasteiger partial charge in [0.05, 0.1) is 23.0 Å². The van der Waals surface area contributed by atoms with E-state index in [2.05, 4.69) is 30.4 Å². The molecule has 0 aliphatic carbocycles. The summed E-state index contributed by atoms with van der Waals surface area (Å²) in [4.78, 5) is 49.4. The lowest BCUT2D eigenvalue weighted by molar-refractivity contribution is -0.153. The summed E-state index contributed by atoms with van der Waals surface area (Å²) in [5.41, 5.74) is 0.0703. The highest BCUT2D eigenvalue weighted by molar-refractivity contribution is 6.03. The van der Waals surface area contributed by atoms with Gasteiger partial charge in [-0.05, 0) is 56.4 Å². The Balaban J connectivity index is 1.40. The Morgan fingerprint density at radius 1 is 1.02 bits per heavy atom. The number of benzene rings is 2. The molecule has 1 aromatic heterocycles. The second-order valence-electron chi connectivity index (χ2n) is 13.5. The Morgan fingerprint density at radius 3 is 2.46 bits per heavy atom. The number of carbonyl (C=O) groups is 3. The molecule has 48 heavy (non-hydrogen) atoms. The second-order valence-corrected chi connectivity index (χ2v) is 13.5. The van der Waals surface area contributed by atoms with Crippen molar-refractivity contribution in [1.29, 1.82) is 0 Å². The first-order valence-corrected chi connectivity index (χ1v) is 17.0. The van der Waals surface area contributed by atoms with Gasteiger partial charge in [0.2, 0.25) is 17.7 Å². The number of para-hydroxylation sites is 2. The quantitative estimate of drug-likeness (QED) is 0.193. The zero-order chi connectivity index (χ0) is 34.1. The smallest absolute Gasteiger partial charge is 0.250 e. The molecule has 254 valence electrons. The third-order valence-electron chi connectivity index (χ3n) is 10.7. The molecule has 6 atom stereocenters. The number of aliphatic hydroxyl groups excluding tert-OH is 1. The van der Waals surface area contributed by atoms with Gasteiger partial charge in [-0.2, -0.15) is 0 Å². The molecule has 3 amide bonds. The van der Waals surface area contributed by atoms with E-state index in [4.69, 9.17) is 4.74 Å². The highest BCUT2D eigenvalue weighted by atomic mass is 16.5. The number of aromatic nitrogens is 3. The Labute approximate surface area is 281 Å². The van der Waals surface area contributed by atoms with Gasteiger partial charge < -0.3 is 24.5 Å². The maximum absolute atomic E-state index is 15.0. The fourth-order valence-electron chi connectivity index (χ4n) is 8.34. The Hall–Kier alpha value is -4.35. The summed E-state index contributed by atoms with van der Waals surface area (Å²) in [6.45, 7) is 12.9. The molecule has 0 radical (unpaired) electrons. The maximum atomic E-state index is 15.0. The zero-order valence-electron chi connectivity index (χ0n) is 27.9. The minimum absolute atomic E-state index is 0.0937. The molecular weight excluding hydrogens is 608 g/mol. The summed E-state index contributed by atoms with van der Waals surface area (Å²) in [6.07, 6.45) is 6.77. The summed E-state index contributed by atoms with van der Waals surface area (Å²) in [7, 11) is 0. The highest BCUT2D eigenvalue weighted by Gasteiger charge is 2.80. The van der Waals surface area contributed by atoms with E-state index in [0.717, 1.165) is 18.4 Å². The molecule has 3 unspecified atom stereocenters. The molecule has 3 saturated heterocycles. The number of amides is 3. The molecular formula is C37H46N6O5. The van der Waals surface area contributed by atoms with Crippen LogP contribution in [0, 0.1) is 17.8 Å². The van der Waals surface area contributed by atoms with E-state index < -0.39 is 29.1 Å². The number of ether oxygens (including phenoxy) is 1. The Morgan fingerprint density at radius 2 is 1.73 bits per heavy atom. The number of unbranched alkanes of at least 4 members (excludes halogenated alkanes) is 3. The fourth-order valence-corrected chi connectivity index (χ4v) is 8.34. The highest BCUT2D eigenvalue weighted by Crippen LogP contribution is 2.65. The zero-order valence-corrected chi connectivity index (χ0v) is 27.9. The normalized spacial score (nSPS) is 27.3. The molecule has 11 heteroatoms. The van der Waals surface area contributed by atoms with E-state index >= 15 is 0 Å². The first-order valence-electron chi connectivity index (χ1n) is 17.0. The third kappa shape index (κ3) is 5.52. The number of likely N-dealkylation sites (tertiary alicyclic amines) is 1. The number of rotatable bonds is 15. The Kier molecular flexibility index (Phi) is 9.53. The number of aliphatic hydroxyl groups is 1. The van der Waals surface area contributed by atoms with Crippen molar-refractivity contribution in [1.82, 2.24) is 24.8 Å². The van der Waals surface area contributed by atoms with Crippen LogP contribution in [0.5, 0.6) is 0 Å². The number of nitrogens with zero attached hydrogens (tertiary/aromatic N) is 6. The molecule has 0 saturated carbocycles. The summed E-state index contributed by atoms with van der Waals surface area (Å²) < 4.78 is 8.70. The van der Waals surface area contributed by atoms with E-state index in [1.54, 1.807) is 31.5 Å². The van der Waals surface area contributed by atoms with E-state index in [-0.39, 0.29) is 50.0 Å². The van der Waals surface area contributed by atoms with Gasteiger partial charge in [-0.3, -0.25) is 14.4 Å². The van der Waals surface area contributed by atoms with Crippen LogP contribution in [0.15, 0.2) is 79.9 Å². The molecule has 11 nitrogen and oxygen atoms in total. The van der Waals surface area contributed by atoms with Crippen LogP contribution in [0.3, 0.4) is 0 Å². The van der Waals surface area contributed by atoms with Crippen LogP contribution in [0.1, 0.15) is 46.0 Å². The molecule has 6 rings (SSSR count). The SMILES string of the molecule is C=CCN(Cn1nnc2ccccc21)C(=O)C1N(CCCCCCO)C(=O)[C@@H]2[C@H](C(=O)N(CC=C)c3ccccc3)[C@@]3(C)OC12CC3C. The van der Waals surface area contributed by atoms with Crippen molar-refractivity contribution in [3.8, 4) is 0 Å². The Bertz CT molecular complexity index is 1680. The standard InChI is InChI=1S/C37H46N6O5/c1-5-20-40(25-43-29-19-13-12-18-28(29)38-39-43)35(47)32-37-24-26(3)36(4,48-37)30(31(37)34(46)42(32)22-14-7-8-15-23-44)33(45)41(21-6-2)27-16-10-9-11-17-27/h5-6,9-13,16-19,26,30-32,44H,1-2,7-8,14-15,20-25H2,3-4H3/t26?,30-,31+,32?,36+,37?/m1/s1. The summed E-state index contributed by atoms with van der Waals surface area (Å²) in [5.74, 6) is -2.41. The lowest BCUT2D eigenvalue weighted by Gasteiger charge is -2.39. The van der Waals surface area contributed by atoms with Crippen molar-refractivity contribution in [3.63, 3.8) is 0 Å². The van der Waals surface area contributed by atoms with Crippen LogP contribution in [-0.4, -0.2) is 91.1 Å². The van der Waals surface area contributed by atoms with E-state index in [1.165, 1.54) is 0 Å². The van der Waals surface area contributed by atoms with Gasteiger partial charge in [-0.1, -0.05) is 67.5 Å². The molecule has 3 fully saturated rings. The largest absolute Gasteiger partial charge is 0.396 e. The van der Waals surface area contributed by atoms with Crippen molar-refractivity contribution in [2.45, 2.75) is 69.9 Å². The van der Waals surface area contributed by atoms with Crippen LogP contribution in [0.25, 0.3) is 11.0 Å². The number of fused-ring (bicyclic) bond motifs is 2. The van der Waals surface area contributed by atoms with Crippen molar-refractivity contribution < 1.29 is 24.2 Å². The molecule has 3 aliphatic heterocycles. The molecule has 3 aromatic rings. The van der Waals surface area contributed by atoms with Crippen LogP contribution in [0.2, 0.25) is 0 Å². The third-order valence-corrected chi connectivity index (χ3v) is 10.7. The van der Waals surface area contributed by atoms with Crippen molar-refractivity contribution in [3.05, 3.63) is 79.9 Å². The van der Waals surface area contributed by atoms with Crippen molar-refractivity contribution in [2.24, 2.45) is 17.8 Å². The van der Waals surface area contributed by atoms with Gasteiger partial charge in [0.15, 0.2) is 0 Å². The van der Waals surface area contributed by atoms with Crippen molar-refractivity contribution >= 4 is 34.4 Å². The van der Waals surface area contributed by atoms with Crippen LogP contribution in [-0.2, 0) is 25.8 Å². The van der Waals surface area contributed by atoms with E-state index in [9.17, 15) is 19.5 Å². The lowest BCUT2D eigenvalue weighted by atomic mass is 9.62. The van der Waals surface area contributed by atoms with Crippen LogP contribution < -0.4 is 4.90 Å². The monoisotopic (exact) mass is 654 g/mol. The minimum atomic E-state index is -1.19. The number of hydrogen-bond donors (Lipinski definition) is 1. The molecule has 1 spiro atoms. The maximum Gasteiger partial charge on any atom is 0.250 e. The summed E-state index contributed by atoms with van der Waals surface area (Å²) in [5, 5.41) is 17.9. The molecule has 4 heterocycles. The lowest BCUT2D eigenvalue weighted by Crippen LogP contribution is -2.57. The first kappa shape index (κ1) is 33.5. The molecule has 3 aliphatic rings. The number of carbonyl (C=O) groups excluding carboxylic acids is 3. The summed E-state index contributed by atoms with van der Waals surface area (Å²) >= 11 is 0. The van der Waals surface area contributed by atoms with E-state index in [0.29, 0.717) is 37.0 Å². The van der Waals surface area contributed by atoms with Crippen LogP contribution >= 0.6 is 0 Å². The van der Waals surface area contributed by atoms with Gasteiger partial charge in [-0.25, -0.2) is 4.68 Å². The number of hydrogen-bond acceptors (Lipinski definition) is 7. The van der Waals surface area contributed by atoms with Crippen molar-refractivity contribution in [2.75, 3.05) is 31.1 Å². The van der Waals surface area contributed by atoms with Crippen LogP contribution in [0.4, 0.5) is 5.69 Å². The first-order chi connectivity index (χ1) is 23.2. The second kappa shape index (κ2) is 13.6. The minimum Gasteiger partial charge on any atom is -0.396 e. The number of anilines is 1. The molecule has 2 bridgehead atoms. The predicted molar refractivity (Wildman–Crippen MR) is 182 cm³/mol. The molecule has 1 N–H and O–H groups in total. The molecule has 2 aromatic carbocycles. The summed E-state index contributed by atoms with van der Waals surface area (Å²) in [6, 6.07) is 16.0. The van der Waals surface area contributed by atoms with Gasteiger partial charge in [0.25, 0.3) is 0 Å². The van der Waals surface area contributed by atoms with Gasteiger partial charge in [0, 0.05) is 31.9 Å². The fraction of sp³-hybridized carbons (Fsp3) is 0.486. The van der Waals surface area contributed by atoms with E-state index in [1.807, 2.05) is 61.5 Å². The van der Waals surface area contributed by atoms with Gasteiger partial charge >= 0.3 is 0 Å². The van der Waals surface area contributed by atoms with Gasteiger partial charge in [0.1, 0.15) is 23.8 Å². The average molecular weight is 655 g/mol. The van der Waals surface area contributed by atoms with Gasteiger partial charge in [-0.15, -0.1) is 18.3 Å². The average Bonchev–Trinajstić information content (AvgIpc) is 3.76. The topological polar surface area (TPSA) is 121 Å². The predicted octanol–water partition coefficient (Wildman–Crippen LogP) is 4.19.